The standard InChI is InChI=1S/C22H28N2O4/c1-14-11-15(2)22(16(3)12-14)24(17(4)25)10-9-21(26)23-19-13-18(27-5)7-8-20(19)28-6/h7-8,11-13H,9-10H2,1-6H3,(H,23,26). The lowest BCUT2D eigenvalue weighted by Gasteiger charge is -2.25. The van der Waals surface area contributed by atoms with Gasteiger partial charge in [0.15, 0.2) is 0 Å². The van der Waals surface area contributed by atoms with E-state index in [-0.39, 0.29) is 24.8 Å². The van der Waals surface area contributed by atoms with Gasteiger partial charge in [0.1, 0.15) is 11.5 Å². The van der Waals surface area contributed by atoms with Gasteiger partial charge < -0.3 is 19.7 Å². The Balaban J connectivity index is 2.15. The van der Waals surface area contributed by atoms with Crippen molar-refractivity contribution in [3.8, 4) is 11.5 Å². The van der Waals surface area contributed by atoms with E-state index in [0.717, 1.165) is 22.4 Å². The molecule has 0 aromatic heterocycles. The second kappa shape index (κ2) is 9.26. The number of benzene rings is 2. The zero-order valence-corrected chi connectivity index (χ0v) is 17.4. The first kappa shape index (κ1) is 21.3. The van der Waals surface area contributed by atoms with E-state index in [4.69, 9.17) is 9.47 Å². The molecule has 2 amide bonds. The van der Waals surface area contributed by atoms with Crippen LogP contribution < -0.4 is 19.7 Å². The molecule has 2 rings (SSSR count). The smallest absolute Gasteiger partial charge is 0.226 e. The Labute approximate surface area is 166 Å². The summed E-state index contributed by atoms with van der Waals surface area (Å²) in [5.41, 5.74) is 4.57. The number of amides is 2. The molecule has 0 radical (unpaired) electrons. The van der Waals surface area contributed by atoms with Crippen molar-refractivity contribution in [2.75, 3.05) is 31.0 Å². The van der Waals surface area contributed by atoms with Crippen LogP contribution in [0.2, 0.25) is 0 Å². The normalized spacial score (nSPS) is 10.4. The molecule has 2 aromatic rings. The molecule has 0 atom stereocenters. The highest BCUT2D eigenvalue weighted by atomic mass is 16.5. The maximum Gasteiger partial charge on any atom is 0.226 e. The summed E-state index contributed by atoms with van der Waals surface area (Å²) in [4.78, 5) is 26.4. The van der Waals surface area contributed by atoms with E-state index in [1.54, 1.807) is 30.2 Å². The molecule has 150 valence electrons. The average molecular weight is 384 g/mol. The first-order valence-corrected chi connectivity index (χ1v) is 9.14. The van der Waals surface area contributed by atoms with E-state index >= 15 is 0 Å². The van der Waals surface area contributed by atoms with Gasteiger partial charge in [0.25, 0.3) is 0 Å². The Morgan fingerprint density at radius 1 is 1.00 bits per heavy atom. The number of nitrogens with one attached hydrogen (secondary N) is 1. The van der Waals surface area contributed by atoms with E-state index in [1.807, 2.05) is 32.9 Å². The minimum atomic E-state index is -0.208. The molecule has 6 nitrogen and oxygen atoms in total. The van der Waals surface area contributed by atoms with Crippen LogP contribution >= 0.6 is 0 Å². The molecule has 0 saturated carbocycles. The molecule has 0 aliphatic heterocycles. The second-order valence-electron chi connectivity index (χ2n) is 6.78. The van der Waals surface area contributed by atoms with Gasteiger partial charge in [-0.2, -0.15) is 0 Å². The molecule has 0 bridgehead atoms. The number of carbonyl (C=O) groups excluding carboxylic acids is 2. The van der Waals surface area contributed by atoms with Crippen LogP contribution in [0.3, 0.4) is 0 Å². The fraction of sp³-hybridized carbons (Fsp3) is 0.364. The number of carbonyl (C=O) groups is 2. The van der Waals surface area contributed by atoms with Gasteiger partial charge in [-0.25, -0.2) is 0 Å². The zero-order valence-electron chi connectivity index (χ0n) is 17.4. The van der Waals surface area contributed by atoms with E-state index in [9.17, 15) is 9.59 Å². The third kappa shape index (κ3) is 5.03. The van der Waals surface area contributed by atoms with E-state index in [2.05, 4.69) is 5.32 Å². The number of anilines is 2. The topological polar surface area (TPSA) is 67.9 Å². The van der Waals surface area contributed by atoms with Gasteiger partial charge in [0.2, 0.25) is 11.8 Å². The predicted molar refractivity (Wildman–Crippen MR) is 111 cm³/mol. The quantitative estimate of drug-likeness (QED) is 0.783. The Hall–Kier alpha value is -3.02. The zero-order chi connectivity index (χ0) is 20.8. The average Bonchev–Trinajstić information content (AvgIpc) is 2.63. The predicted octanol–water partition coefficient (Wildman–Crippen LogP) is 4.01. The van der Waals surface area contributed by atoms with Gasteiger partial charge in [-0.3, -0.25) is 9.59 Å². The molecule has 2 aromatic carbocycles. The van der Waals surface area contributed by atoms with Crippen molar-refractivity contribution in [2.45, 2.75) is 34.1 Å². The van der Waals surface area contributed by atoms with Crippen molar-refractivity contribution >= 4 is 23.2 Å². The Kier molecular flexibility index (Phi) is 7.04. The highest BCUT2D eigenvalue weighted by Crippen LogP contribution is 2.29. The molecule has 0 aliphatic rings. The van der Waals surface area contributed by atoms with E-state index in [1.165, 1.54) is 14.0 Å². The van der Waals surface area contributed by atoms with E-state index < -0.39 is 0 Å². The Morgan fingerprint density at radius 2 is 1.64 bits per heavy atom. The van der Waals surface area contributed by atoms with Crippen LogP contribution in [0.25, 0.3) is 0 Å². The summed E-state index contributed by atoms with van der Waals surface area (Å²) >= 11 is 0. The van der Waals surface area contributed by atoms with Crippen LogP contribution in [-0.2, 0) is 9.59 Å². The van der Waals surface area contributed by atoms with Gasteiger partial charge >= 0.3 is 0 Å². The number of rotatable bonds is 7. The summed E-state index contributed by atoms with van der Waals surface area (Å²) in [5, 5.41) is 2.84. The lowest BCUT2D eigenvalue weighted by molar-refractivity contribution is -0.117. The molecule has 0 unspecified atom stereocenters. The highest BCUT2D eigenvalue weighted by Gasteiger charge is 2.18. The van der Waals surface area contributed by atoms with Crippen LogP contribution in [0, 0.1) is 20.8 Å². The number of methoxy groups -OCH3 is 2. The van der Waals surface area contributed by atoms with Gasteiger partial charge in [-0.15, -0.1) is 0 Å². The number of hydrogen-bond donors (Lipinski definition) is 1. The van der Waals surface area contributed by atoms with Crippen molar-refractivity contribution in [1.29, 1.82) is 0 Å². The van der Waals surface area contributed by atoms with Crippen molar-refractivity contribution in [1.82, 2.24) is 0 Å². The summed E-state index contributed by atoms with van der Waals surface area (Å²) in [7, 11) is 3.10. The number of aryl methyl sites for hydroxylation is 3. The van der Waals surface area contributed by atoms with Crippen molar-refractivity contribution in [3.63, 3.8) is 0 Å². The molecule has 0 aliphatic carbocycles. The highest BCUT2D eigenvalue weighted by molar-refractivity contribution is 5.96. The van der Waals surface area contributed by atoms with Gasteiger partial charge in [-0.05, 0) is 44.0 Å². The van der Waals surface area contributed by atoms with Crippen molar-refractivity contribution in [2.24, 2.45) is 0 Å². The largest absolute Gasteiger partial charge is 0.497 e. The van der Waals surface area contributed by atoms with Gasteiger partial charge in [0.05, 0.1) is 19.9 Å². The number of hydrogen-bond acceptors (Lipinski definition) is 4. The third-order valence-electron chi connectivity index (χ3n) is 4.53. The molecule has 1 N–H and O–H groups in total. The third-order valence-corrected chi connectivity index (χ3v) is 4.53. The maximum atomic E-state index is 12.5. The Bertz CT molecular complexity index is 854. The van der Waals surface area contributed by atoms with Gasteiger partial charge in [-0.1, -0.05) is 17.7 Å². The fourth-order valence-corrected chi connectivity index (χ4v) is 3.36. The fourth-order valence-electron chi connectivity index (χ4n) is 3.36. The van der Waals surface area contributed by atoms with Crippen LogP contribution in [-0.4, -0.2) is 32.6 Å². The van der Waals surface area contributed by atoms with Crippen LogP contribution in [0.4, 0.5) is 11.4 Å². The monoisotopic (exact) mass is 384 g/mol. The molecule has 0 heterocycles. The molecule has 28 heavy (non-hydrogen) atoms. The lowest BCUT2D eigenvalue weighted by atomic mass is 10.0. The summed E-state index contributed by atoms with van der Waals surface area (Å²) in [6.45, 7) is 7.79. The molecular weight excluding hydrogens is 356 g/mol. The first-order chi connectivity index (χ1) is 13.3. The first-order valence-electron chi connectivity index (χ1n) is 9.14. The minimum absolute atomic E-state index is 0.0955. The number of nitrogens with zero attached hydrogens (tertiary/aromatic N) is 1. The SMILES string of the molecule is COc1ccc(OC)c(NC(=O)CCN(C(C)=O)c2c(C)cc(C)cc2C)c1. The van der Waals surface area contributed by atoms with Crippen molar-refractivity contribution < 1.29 is 19.1 Å². The van der Waals surface area contributed by atoms with Crippen LogP contribution in [0.1, 0.15) is 30.0 Å². The lowest BCUT2D eigenvalue weighted by Crippen LogP contribution is -2.33. The molecule has 6 heteroatoms. The molecule has 0 saturated heterocycles. The summed E-state index contributed by atoms with van der Waals surface area (Å²) in [6, 6.07) is 9.27. The summed E-state index contributed by atoms with van der Waals surface area (Å²) in [5.74, 6) is 0.859. The Morgan fingerprint density at radius 3 is 2.18 bits per heavy atom. The summed E-state index contributed by atoms with van der Waals surface area (Å²) in [6.07, 6.45) is 0.159. The number of ether oxygens (including phenoxy) is 2. The molecule has 0 fully saturated rings. The molecule has 0 spiro atoms. The molecular formula is C22H28N2O4. The van der Waals surface area contributed by atoms with Crippen molar-refractivity contribution in [3.05, 3.63) is 47.0 Å². The van der Waals surface area contributed by atoms with Crippen LogP contribution in [0.15, 0.2) is 30.3 Å². The van der Waals surface area contributed by atoms with E-state index in [0.29, 0.717) is 17.2 Å². The summed E-state index contributed by atoms with van der Waals surface area (Å²) < 4.78 is 10.5. The second-order valence-corrected chi connectivity index (χ2v) is 6.78. The minimum Gasteiger partial charge on any atom is -0.497 e. The maximum absolute atomic E-state index is 12.5. The van der Waals surface area contributed by atoms with Crippen LogP contribution in [0.5, 0.6) is 11.5 Å². The van der Waals surface area contributed by atoms with Gasteiger partial charge in [0, 0.05) is 31.6 Å².